The highest BCUT2D eigenvalue weighted by Crippen LogP contribution is 2.16. The van der Waals surface area contributed by atoms with Crippen LogP contribution in [0.4, 0.5) is 4.79 Å². The summed E-state index contributed by atoms with van der Waals surface area (Å²) >= 11 is 3.36. The second-order valence-electron chi connectivity index (χ2n) is 4.02. The topological polar surface area (TPSA) is 84.2 Å². The third-order valence-corrected chi connectivity index (χ3v) is 3.04. The molecule has 0 aliphatic heterocycles. The number of carbonyl (C=O) groups excluding carboxylic acids is 2. The molecule has 1 aromatic rings. The molecule has 5 nitrogen and oxygen atoms in total. The van der Waals surface area contributed by atoms with Crippen LogP contribution < -0.4 is 16.4 Å². The number of rotatable bonds is 4. The van der Waals surface area contributed by atoms with Gasteiger partial charge in [-0.05, 0) is 31.5 Å². The van der Waals surface area contributed by atoms with Crippen LogP contribution >= 0.6 is 15.9 Å². The Morgan fingerprint density at radius 1 is 1.22 bits per heavy atom. The Morgan fingerprint density at radius 3 is 2.28 bits per heavy atom. The predicted octanol–water partition coefficient (Wildman–Crippen LogP) is 1.68. The van der Waals surface area contributed by atoms with Gasteiger partial charge in [0.15, 0.2) is 0 Å². The Balaban J connectivity index is 2.58. The fourth-order valence-corrected chi connectivity index (χ4v) is 1.79. The van der Waals surface area contributed by atoms with Crippen LogP contribution in [0, 0.1) is 0 Å². The van der Waals surface area contributed by atoms with E-state index in [4.69, 9.17) is 5.73 Å². The van der Waals surface area contributed by atoms with E-state index in [9.17, 15) is 9.59 Å². The number of imide groups is 1. The van der Waals surface area contributed by atoms with Crippen molar-refractivity contribution >= 4 is 27.9 Å². The van der Waals surface area contributed by atoms with Gasteiger partial charge in [0.2, 0.25) is 5.91 Å². The summed E-state index contributed by atoms with van der Waals surface area (Å²) in [6.07, 6.45) is 0. The average Bonchev–Trinajstić information content (AvgIpc) is 2.28. The SMILES string of the molecule is CC(NC(C)c1ccc(Br)cc1)C(=O)NC(N)=O. The van der Waals surface area contributed by atoms with Gasteiger partial charge in [0, 0.05) is 10.5 Å². The second-order valence-corrected chi connectivity index (χ2v) is 4.93. The number of halogens is 1. The van der Waals surface area contributed by atoms with Crippen LogP contribution in [0.15, 0.2) is 28.7 Å². The van der Waals surface area contributed by atoms with Gasteiger partial charge in [-0.25, -0.2) is 4.79 Å². The summed E-state index contributed by atoms with van der Waals surface area (Å²) in [5, 5.41) is 5.12. The number of urea groups is 1. The van der Waals surface area contributed by atoms with Crippen LogP contribution in [-0.4, -0.2) is 18.0 Å². The number of hydrogen-bond acceptors (Lipinski definition) is 3. The van der Waals surface area contributed by atoms with Gasteiger partial charge in [0.25, 0.3) is 0 Å². The third kappa shape index (κ3) is 4.46. The first-order valence-corrected chi connectivity index (χ1v) is 6.31. The zero-order valence-electron chi connectivity index (χ0n) is 10.2. The standard InChI is InChI=1S/C12H16BrN3O2/c1-7(9-3-5-10(13)6-4-9)15-8(2)11(17)16-12(14)18/h3-8,15H,1-2H3,(H3,14,16,17,18). The summed E-state index contributed by atoms with van der Waals surface area (Å²) in [6.45, 7) is 3.62. The van der Waals surface area contributed by atoms with E-state index in [-0.39, 0.29) is 6.04 Å². The monoisotopic (exact) mass is 313 g/mol. The summed E-state index contributed by atoms with van der Waals surface area (Å²) in [5.74, 6) is -0.438. The maximum atomic E-state index is 11.5. The summed E-state index contributed by atoms with van der Waals surface area (Å²) in [5.41, 5.74) is 5.94. The molecule has 98 valence electrons. The highest BCUT2D eigenvalue weighted by Gasteiger charge is 2.17. The first-order chi connectivity index (χ1) is 8.40. The minimum atomic E-state index is -0.843. The zero-order valence-corrected chi connectivity index (χ0v) is 11.8. The van der Waals surface area contributed by atoms with E-state index in [0.29, 0.717) is 0 Å². The molecule has 0 saturated carbocycles. The number of carbonyl (C=O) groups is 2. The summed E-state index contributed by atoms with van der Waals surface area (Å²) in [7, 11) is 0. The van der Waals surface area contributed by atoms with Gasteiger partial charge in [0.1, 0.15) is 0 Å². The Labute approximate surface area is 114 Å². The van der Waals surface area contributed by atoms with Crippen LogP contribution in [0.2, 0.25) is 0 Å². The Kier molecular flexibility index (Phi) is 5.30. The van der Waals surface area contributed by atoms with Crippen molar-refractivity contribution < 1.29 is 9.59 Å². The Morgan fingerprint density at radius 2 is 1.78 bits per heavy atom. The highest BCUT2D eigenvalue weighted by molar-refractivity contribution is 9.10. The quantitative estimate of drug-likeness (QED) is 0.790. The Hall–Kier alpha value is -1.40. The van der Waals surface area contributed by atoms with Gasteiger partial charge < -0.3 is 5.73 Å². The van der Waals surface area contributed by atoms with Gasteiger partial charge in [0.05, 0.1) is 6.04 Å². The van der Waals surface area contributed by atoms with Crippen LogP contribution in [0.5, 0.6) is 0 Å². The molecule has 2 unspecified atom stereocenters. The molecule has 0 aliphatic rings. The summed E-state index contributed by atoms with van der Waals surface area (Å²) < 4.78 is 0.998. The maximum Gasteiger partial charge on any atom is 0.318 e. The highest BCUT2D eigenvalue weighted by atomic mass is 79.9. The molecule has 3 amide bonds. The van der Waals surface area contributed by atoms with Gasteiger partial charge >= 0.3 is 6.03 Å². The predicted molar refractivity (Wildman–Crippen MR) is 72.9 cm³/mol. The lowest BCUT2D eigenvalue weighted by Gasteiger charge is -2.19. The normalized spacial score (nSPS) is 13.7. The van der Waals surface area contributed by atoms with Crippen molar-refractivity contribution in [3.63, 3.8) is 0 Å². The molecule has 0 fully saturated rings. The van der Waals surface area contributed by atoms with Crippen molar-refractivity contribution in [1.29, 1.82) is 0 Å². The molecule has 1 rings (SSSR count). The molecule has 0 spiro atoms. The summed E-state index contributed by atoms with van der Waals surface area (Å²) in [6, 6.07) is 6.43. The summed E-state index contributed by atoms with van der Waals surface area (Å²) in [4.78, 5) is 22.1. The molecule has 4 N–H and O–H groups in total. The van der Waals surface area contributed by atoms with E-state index in [1.807, 2.05) is 36.5 Å². The molecule has 2 atom stereocenters. The lowest BCUT2D eigenvalue weighted by Crippen LogP contribution is -2.47. The van der Waals surface area contributed by atoms with E-state index in [0.717, 1.165) is 10.0 Å². The smallest absolute Gasteiger partial charge is 0.318 e. The van der Waals surface area contributed by atoms with E-state index >= 15 is 0 Å². The largest absolute Gasteiger partial charge is 0.351 e. The van der Waals surface area contributed by atoms with Crippen LogP contribution in [0.3, 0.4) is 0 Å². The molecule has 0 radical (unpaired) electrons. The lowest BCUT2D eigenvalue weighted by atomic mass is 10.1. The molecule has 0 aromatic heterocycles. The van der Waals surface area contributed by atoms with Gasteiger partial charge in [-0.15, -0.1) is 0 Å². The molecular weight excluding hydrogens is 298 g/mol. The molecule has 0 heterocycles. The van der Waals surface area contributed by atoms with E-state index in [1.54, 1.807) is 6.92 Å². The van der Waals surface area contributed by atoms with E-state index < -0.39 is 18.0 Å². The van der Waals surface area contributed by atoms with E-state index in [2.05, 4.69) is 21.2 Å². The molecule has 18 heavy (non-hydrogen) atoms. The number of amides is 3. The number of nitrogens with two attached hydrogens (primary N) is 1. The number of primary amides is 1. The fourth-order valence-electron chi connectivity index (χ4n) is 1.53. The van der Waals surface area contributed by atoms with Gasteiger partial charge in [-0.3, -0.25) is 15.4 Å². The van der Waals surface area contributed by atoms with Crippen molar-refractivity contribution in [3.05, 3.63) is 34.3 Å². The zero-order chi connectivity index (χ0) is 13.7. The minimum Gasteiger partial charge on any atom is -0.351 e. The molecule has 0 aliphatic carbocycles. The molecule has 0 saturated heterocycles. The average molecular weight is 314 g/mol. The van der Waals surface area contributed by atoms with Crippen molar-refractivity contribution in [3.8, 4) is 0 Å². The molecule has 1 aromatic carbocycles. The maximum absolute atomic E-state index is 11.5. The molecule has 0 bridgehead atoms. The number of hydrogen-bond donors (Lipinski definition) is 3. The van der Waals surface area contributed by atoms with Gasteiger partial charge in [-0.2, -0.15) is 0 Å². The van der Waals surface area contributed by atoms with Crippen molar-refractivity contribution in [2.24, 2.45) is 5.73 Å². The second kappa shape index (κ2) is 6.51. The molecule has 6 heteroatoms. The third-order valence-electron chi connectivity index (χ3n) is 2.51. The number of benzene rings is 1. The van der Waals surface area contributed by atoms with Crippen LogP contribution in [-0.2, 0) is 4.79 Å². The first-order valence-electron chi connectivity index (χ1n) is 5.52. The lowest BCUT2D eigenvalue weighted by molar-refractivity contribution is -0.121. The van der Waals surface area contributed by atoms with Crippen LogP contribution in [0.1, 0.15) is 25.5 Å². The van der Waals surface area contributed by atoms with Crippen molar-refractivity contribution in [2.45, 2.75) is 25.9 Å². The van der Waals surface area contributed by atoms with Crippen LogP contribution in [0.25, 0.3) is 0 Å². The van der Waals surface area contributed by atoms with Crippen molar-refractivity contribution in [2.75, 3.05) is 0 Å². The van der Waals surface area contributed by atoms with Crippen molar-refractivity contribution in [1.82, 2.24) is 10.6 Å². The number of nitrogens with one attached hydrogen (secondary N) is 2. The van der Waals surface area contributed by atoms with E-state index in [1.165, 1.54) is 0 Å². The fraction of sp³-hybridized carbons (Fsp3) is 0.333. The molecular formula is C12H16BrN3O2. The van der Waals surface area contributed by atoms with Gasteiger partial charge in [-0.1, -0.05) is 28.1 Å². The Bertz CT molecular complexity index is 433. The minimum absolute atomic E-state index is 0.00766. The first kappa shape index (κ1) is 14.7.